The Morgan fingerprint density at radius 1 is 1.32 bits per heavy atom. The van der Waals surface area contributed by atoms with Gasteiger partial charge in [-0.2, -0.15) is 0 Å². The number of nitrogens with one attached hydrogen (secondary N) is 1. The van der Waals surface area contributed by atoms with Crippen LogP contribution in [0.15, 0.2) is 12.3 Å². The van der Waals surface area contributed by atoms with Crippen molar-refractivity contribution in [1.82, 2.24) is 10.3 Å². The van der Waals surface area contributed by atoms with E-state index < -0.39 is 0 Å². The van der Waals surface area contributed by atoms with Crippen LogP contribution in [0, 0.1) is 11.8 Å². The van der Waals surface area contributed by atoms with Crippen molar-refractivity contribution < 1.29 is 0 Å². The summed E-state index contributed by atoms with van der Waals surface area (Å²) in [6, 6.07) is 2.86. The molecular weight excluding hydrogens is 258 g/mol. The average Bonchev–Trinajstić information content (AvgIpc) is 3.15. The molecular formula is C15H22ClN3. The molecule has 1 aromatic rings. The smallest absolute Gasteiger partial charge is 0.128 e. The molecule has 0 bridgehead atoms. The van der Waals surface area contributed by atoms with E-state index in [2.05, 4.69) is 35.1 Å². The van der Waals surface area contributed by atoms with Crippen molar-refractivity contribution in [3.8, 4) is 0 Å². The van der Waals surface area contributed by atoms with E-state index in [1.165, 1.54) is 18.4 Å². The Kier molecular flexibility index (Phi) is 3.68. The van der Waals surface area contributed by atoms with Gasteiger partial charge in [-0.1, -0.05) is 25.4 Å². The minimum atomic E-state index is 0.708. The standard InChI is InChI=1S/C15H22ClN3/c1-10-8-19(9-11(10)2)15-5-12(14(16)7-18-15)6-17-13-3-4-13/h5,7,10-11,13,17H,3-4,6,8-9H2,1-2H3. The number of anilines is 1. The van der Waals surface area contributed by atoms with Crippen molar-refractivity contribution in [3.05, 3.63) is 22.8 Å². The van der Waals surface area contributed by atoms with E-state index >= 15 is 0 Å². The number of aromatic nitrogens is 1. The minimum absolute atomic E-state index is 0.708. The topological polar surface area (TPSA) is 28.2 Å². The highest BCUT2D eigenvalue weighted by molar-refractivity contribution is 6.31. The molecule has 2 aliphatic rings. The van der Waals surface area contributed by atoms with Crippen molar-refractivity contribution in [1.29, 1.82) is 0 Å². The molecule has 2 unspecified atom stereocenters. The average molecular weight is 280 g/mol. The third-order valence-corrected chi connectivity index (χ3v) is 4.73. The summed E-state index contributed by atoms with van der Waals surface area (Å²) in [5.74, 6) is 2.56. The van der Waals surface area contributed by atoms with E-state index in [-0.39, 0.29) is 0 Å². The highest BCUT2D eigenvalue weighted by atomic mass is 35.5. The van der Waals surface area contributed by atoms with Crippen LogP contribution < -0.4 is 10.2 Å². The van der Waals surface area contributed by atoms with Gasteiger partial charge in [0.1, 0.15) is 5.82 Å². The quantitative estimate of drug-likeness (QED) is 0.918. The van der Waals surface area contributed by atoms with Gasteiger partial charge in [0.2, 0.25) is 0 Å². The first-order chi connectivity index (χ1) is 9.13. The summed E-state index contributed by atoms with van der Waals surface area (Å²) in [4.78, 5) is 6.88. The number of pyridine rings is 1. The van der Waals surface area contributed by atoms with Gasteiger partial charge in [-0.25, -0.2) is 4.98 Å². The van der Waals surface area contributed by atoms with Gasteiger partial charge in [0.25, 0.3) is 0 Å². The number of halogens is 1. The normalized spacial score (nSPS) is 27.0. The molecule has 3 nitrogen and oxygen atoms in total. The Hall–Kier alpha value is -0.800. The molecule has 1 aliphatic carbocycles. The summed E-state index contributed by atoms with van der Waals surface area (Å²) in [7, 11) is 0. The van der Waals surface area contributed by atoms with Crippen LogP contribution in [0.2, 0.25) is 5.02 Å². The highest BCUT2D eigenvalue weighted by Gasteiger charge is 2.27. The first-order valence-corrected chi connectivity index (χ1v) is 7.64. The van der Waals surface area contributed by atoms with Gasteiger partial charge < -0.3 is 10.2 Å². The lowest BCUT2D eigenvalue weighted by Crippen LogP contribution is -2.22. The summed E-state index contributed by atoms with van der Waals surface area (Å²) in [6.07, 6.45) is 4.40. The fourth-order valence-corrected chi connectivity index (χ4v) is 2.80. The van der Waals surface area contributed by atoms with Crippen molar-refractivity contribution in [2.24, 2.45) is 11.8 Å². The molecule has 2 fully saturated rings. The third-order valence-electron chi connectivity index (χ3n) is 4.39. The van der Waals surface area contributed by atoms with Crippen LogP contribution >= 0.6 is 11.6 Å². The summed E-state index contributed by atoms with van der Waals surface area (Å²) in [5.41, 5.74) is 1.17. The second kappa shape index (κ2) is 5.29. The van der Waals surface area contributed by atoms with E-state index in [1.54, 1.807) is 6.20 Å². The molecule has 1 aromatic heterocycles. The molecule has 1 saturated heterocycles. The van der Waals surface area contributed by atoms with E-state index in [4.69, 9.17) is 11.6 Å². The minimum Gasteiger partial charge on any atom is -0.356 e. The molecule has 1 aliphatic heterocycles. The predicted octanol–water partition coefficient (Wildman–Crippen LogP) is 3.08. The van der Waals surface area contributed by atoms with Crippen LogP contribution in [0.4, 0.5) is 5.82 Å². The van der Waals surface area contributed by atoms with E-state index in [9.17, 15) is 0 Å². The zero-order chi connectivity index (χ0) is 13.4. The molecule has 4 heteroatoms. The van der Waals surface area contributed by atoms with Crippen LogP contribution in [0.25, 0.3) is 0 Å². The molecule has 2 atom stereocenters. The summed E-state index contributed by atoms with van der Waals surface area (Å²) in [6.45, 7) is 7.70. The Morgan fingerprint density at radius 2 is 2.00 bits per heavy atom. The second-order valence-corrected chi connectivity index (χ2v) is 6.56. The van der Waals surface area contributed by atoms with Crippen LogP contribution in [-0.2, 0) is 6.54 Å². The van der Waals surface area contributed by atoms with E-state index in [0.29, 0.717) is 6.04 Å². The fourth-order valence-electron chi connectivity index (χ4n) is 2.63. The van der Waals surface area contributed by atoms with Gasteiger partial charge in [0.15, 0.2) is 0 Å². The van der Waals surface area contributed by atoms with Crippen molar-refractivity contribution in [2.45, 2.75) is 39.3 Å². The molecule has 0 amide bonds. The number of hydrogen-bond donors (Lipinski definition) is 1. The number of hydrogen-bond acceptors (Lipinski definition) is 3. The Labute approximate surface area is 120 Å². The van der Waals surface area contributed by atoms with Gasteiger partial charge in [0.05, 0.1) is 5.02 Å². The fraction of sp³-hybridized carbons (Fsp3) is 0.667. The van der Waals surface area contributed by atoms with Crippen LogP contribution in [0.5, 0.6) is 0 Å². The largest absolute Gasteiger partial charge is 0.356 e. The Bertz CT molecular complexity index is 449. The summed E-state index contributed by atoms with van der Waals surface area (Å²) < 4.78 is 0. The molecule has 1 saturated carbocycles. The Morgan fingerprint density at radius 3 is 2.63 bits per heavy atom. The lowest BCUT2D eigenvalue weighted by molar-refractivity contribution is 0.494. The SMILES string of the molecule is CC1CN(c2cc(CNC3CC3)c(Cl)cn2)CC1C. The van der Waals surface area contributed by atoms with Crippen molar-refractivity contribution in [2.75, 3.05) is 18.0 Å². The maximum atomic E-state index is 6.24. The number of nitrogens with zero attached hydrogens (tertiary/aromatic N) is 2. The summed E-state index contributed by atoms with van der Waals surface area (Å²) in [5, 5.41) is 4.29. The predicted molar refractivity (Wildman–Crippen MR) is 79.6 cm³/mol. The van der Waals surface area contributed by atoms with Crippen LogP contribution in [0.1, 0.15) is 32.3 Å². The molecule has 3 rings (SSSR count). The van der Waals surface area contributed by atoms with E-state index in [0.717, 1.165) is 42.3 Å². The van der Waals surface area contributed by atoms with Crippen molar-refractivity contribution in [3.63, 3.8) is 0 Å². The molecule has 104 valence electrons. The van der Waals surface area contributed by atoms with Gasteiger partial charge >= 0.3 is 0 Å². The molecule has 0 aromatic carbocycles. The second-order valence-electron chi connectivity index (χ2n) is 6.15. The maximum Gasteiger partial charge on any atom is 0.128 e. The zero-order valence-electron chi connectivity index (χ0n) is 11.7. The molecule has 1 N–H and O–H groups in total. The lowest BCUT2D eigenvalue weighted by atomic mass is 10.0. The van der Waals surface area contributed by atoms with Gasteiger partial charge in [-0.15, -0.1) is 0 Å². The van der Waals surface area contributed by atoms with Crippen molar-refractivity contribution >= 4 is 17.4 Å². The first kappa shape index (κ1) is 13.2. The van der Waals surface area contributed by atoms with Gasteiger partial charge in [-0.05, 0) is 36.3 Å². The molecule has 0 spiro atoms. The highest BCUT2D eigenvalue weighted by Crippen LogP contribution is 2.29. The number of rotatable bonds is 4. The lowest BCUT2D eigenvalue weighted by Gasteiger charge is -2.18. The molecule has 2 heterocycles. The maximum absolute atomic E-state index is 6.24. The van der Waals surface area contributed by atoms with Gasteiger partial charge in [0, 0.05) is 31.9 Å². The van der Waals surface area contributed by atoms with E-state index in [1.807, 2.05) is 0 Å². The Balaban J connectivity index is 1.72. The molecule has 19 heavy (non-hydrogen) atoms. The third kappa shape index (κ3) is 3.03. The molecule has 0 radical (unpaired) electrons. The van der Waals surface area contributed by atoms with Crippen LogP contribution in [0.3, 0.4) is 0 Å². The van der Waals surface area contributed by atoms with Crippen LogP contribution in [-0.4, -0.2) is 24.1 Å². The zero-order valence-corrected chi connectivity index (χ0v) is 12.5. The summed E-state index contributed by atoms with van der Waals surface area (Å²) >= 11 is 6.24. The van der Waals surface area contributed by atoms with Gasteiger partial charge in [-0.3, -0.25) is 0 Å². The first-order valence-electron chi connectivity index (χ1n) is 7.26. The monoisotopic (exact) mass is 279 g/mol.